The Labute approximate surface area is 228 Å². The molecule has 2 aromatic carbocycles. The number of morpholine rings is 1. The Balaban J connectivity index is 1.44. The SMILES string of the molecule is O=C(N[C@@H]1CCN(c2c(C(=O)N3CCOCC3)cc(Br)cc2C(F)(F)F)C1)c1cc(=O)[nH]c2c(F)cccc12. The lowest BCUT2D eigenvalue weighted by molar-refractivity contribution is -0.137. The summed E-state index contributed by atoms with van der Waals surface area (Å²) in [6.45, 7) is 1.24. The molecule has 2 aliphatic rings. The van der Waals surface area contributed by atoms with Crippen LogP contribution in [0.1, 0.15) is 32.7 Å². The molecule has 2 amide bonds. The Bertz CT molecular complexity index is 1500. The van der Waals surface area contributed by atoms with Crippen molar-refractivity contribution in [1.82, 2.24) is 15.2 Å². The van der Waals surface area contributed by atoms with Gasteiger partial charge in [-0.2, -0.15) is 13.2 Å². The Morgan fingerprint density at radius 3 is 2.54 bits per heavy atom. The second-order valence-electron chi connectivity index (χ2n) is 9.37. The number of para-hydroxylation sites is 1. The van der Waals surface area contributed by atoms with Crippen LogP contribution in [0, 0.1) is 5.82 Å². The van der Waals surface area contributed by atoms with Gasteiger partial charge in [0.05, 0.1) is 41.1 Å². The predicted molar refractivity (Wildman–Crippen MR) is 138 cm³/mol. The molecule has 8 nitrogen and oxygen atoms in total. The second-order valence-corrected chi connectivity index (χ2v) is 10.3. The third-order valence-electron chi connectivity index (χ3n) is 6.82. The number of aromatic amines is 1. The molecule has 1 aromatic heterocycles. The number of pyridine rings is 1. The zero-order chi connectivity index (χ0) is 27.9. The van der Waals surface area contributed by atoms with E-state index in [2.05, 4.69) is 26.2 Å². The summed E-state index contributed by atoms with van der Waals surface area (Å²) in [4.78, 5) is 43.8. The number of halogens is 5. The molecule has 3 heterocycles. The molecule has 0 radical (unpaired) electrons. The molecular formula is C26H23BrF4N4O4. The minimum atomic E-state index is -4.74. The molecule has 206 valence electrons. The third kappa shape index (κ3) is 5.50. The smallest absolute Gasteiger partial charge is 0.378 e. The van der Waals surface area contributed by atoms with Gasteiger partial charge in [0, 0.05) is 48.1 Å². The van der Waals surface area contributed by atoms with E-state index in [9.17, 15) is 31.9 Å². The number of aromatic nitrogens is 1. The van der Waals surface area contributed by atoms with E-state index < -0.39 is 41.0 Å². The summed E-state index contributed by atoms with van der Waals surface area (Å²) in [6.07, 6.45) is -4.45. The van der Waals surface area contributed by atoms with Gasteiger partial charge in [-0.05, 0) is 24.6 Å². The molecule has 0 spiro atoms. The third-order valence-corrected chi connectivity index (χ3v) is 7.28. The minimum absolute atomic E-state index is 0.00464. The Hall–Kier alpha value is -3.45. The van der Waals surface area contributed by atoms with Crippen molar-refractivity contribution in [2.24, 2.45) is 0 Å². The van der Waals surface area contributed by atoms with Crippen LogP contribution < -0.4 is 15.8 Å². The summed E-state index contributed by atoms with van der Waals surface area (Å²) in [7, 11) is 0. The number of ether oxygens (including phenoxy) is 1. The molecule has 0 aliphatic carbocycles. The quantitative estimate of drug-likeness (QED) is 0.437. The van der Waals surface area contributed by atoms with Crippen LogP contribution in [0.2, 0.25) is 0 Å². The van der Waals surface area contributed by atoms with Crippen LogP contribution in [0.3, 0.4) is 0 Å². The second kappa shape index (κ2) is 10.6. The molecule has 2 fully saturated rings. The van der Waals surface area contributed by atoms with Gasteiger partial charge in [-0.25, -0.2) is 4.39 Å². The van der Waals surface area contributed by atoms with E-state index in [0.29, 0.717) is 19.6 Å². The number of fused-ring (bicyclic) bond motifs is 1. The van der Waals surface area contributed by atoms with Gasteiger partial charge in [0.15, 0.2) is 0 Å². The van der Waals surface area contributed by atoms with E-state index in [1.807, 2.05) is 0 Å². The fourth-order valence-corrected chi connectivity index (χ4v) is 5.49. The average Bonchev–Trinajstić information content (AvgIpc) is 3.35. The highest BCUT2D eigenvalue weighted by molar-refractivity contribution is 9.10. The first-order valence-corrected chi connectivity index (χ1v) is 13.0. The van der Waals surface area contributed by atoms with Gasteiger partial charge in [0.2, 0.25) is 5.56 Å². The number of nitrogens with one attached hydrogen (secondary N) is 2. The molecule has 0 saturated carbocycles. The van der Waals surface area contributed by atoms with Gasteiger partial charge in [-0.3, -0.25) is 14.4 Å². The average molecular weight is 611 g/mol. The lowest BCUT2D eigenvalue weighted by Crippen LogP contribution is -2.42. The summed E-state index contributed by atoms with van der Waals surface area (Å²) in [5.41, 5.74) is -2.13. The minimum Gasteiger partial charge on any atom is -0.378 e. The Morgan fingerprint density at radius 2 is 1.82 bits per heavy atom. The van der Waals surface area contributed by atoms with Crippen LogP contribution in [0.15, 0.2) is 45.7 Å². The van der Waals surface area contributed by atoms with E-state index in [1.165, 1.54) is 28.0 Å². The van der Waals surface area contributed by atoms with E-state index in [4.69, 9.17) is 4.74 Å². The number of anilines is 1. The molecule has 39 heavy (non-hydrogen) atoms. The van der Waals surface area contributed by atoms with E-state index in [0.717, 1.165) is 18.2 Å². The topological polar surface area (TPSA) is 94.7 Å². The number of nitrogens with zero attached hydrogens (tertiary/aromatic N) is 2. The van der Waals surface area contributed by atoms with Crippen LogP contribution in [-0.2, 0) is 10.9 Å². The molecule has 2 aliphatic heterocycles. The van der Waals surface area contributed by atoms with Crippen molar-refractivity contribution in [3.05, 3.63) is 73.7 Å². The standard InChI is InChI=1S/C26H23BrF4N4O4/c27-14-10-18(25(38)34-6-8-39-9-7-34)23(19(11-14)26(29,30)31)35-5-4-15(13-35)32-24(37)17-12-21(36)33-22-16(17)2-1-3-20(22)28/h1-3,10-12,15H,4-9,13H2,(H,32,37)(H,33,36)/t15-/m1/s1. The van der Waals surface area contributed by atoms with Crippen LogP contribution in [-0.4, -0.2) is 67.1 Å². The number of H-pyrrole nitrogens is 1. The first kappa shape index (κ1) is 27.1. The number of alkyl halides is 3. The van der Waals surface area contributed by atoms with Gasteiger partial charge in [0.1, 0.15) is 5.82 Å². The lowest BCUT2D eigenvalue weighted by Gasteiger charge is -2.31. The maximum Gasteiger partial charge on any atom is 0.418 e. The monoisotopic (exact) mass is 610 g/mol. The van der Waals surface area contributed by atoms with Crippen molar-refractivity contribution < 1.29 is 31.9 Å². The van der Waals surface area contributed by atoms with Gasteiger partial charge < -0.3 is 24.8 Å². The lowest BCUT2D eigenvalue weighted by atomic mass is 10.0. The maximum atomic E-state index is 14.2. The van der Waals surface area contributed by atoms with Gasteiger partial charge in [-0.1, -0.05) is 28.1 Å². The van der Waals surface area contributed by atoms with E-state index in [-0.39, 0.29) is 58.4 Å². The number of carbonyl (C=O) groups is 2. The van der Waals surface area contributed by atoms with Crippen LogP contribution in [0.25, 0.3) is 10.9 Å². The number of hydrogen-bond donors (Lipinski definition) is 2. The van der Waals surface area contributed by atoms with Gasteiger partial charge in [-0.15, -0.1) is 0 Å². The molecule has 1 atom stereocenters. The molecule has 3 aromatic rings. The van der Waals surface area contributed by atoms with Crippen molar-refractivity contribution in [2.75, 3.05) is 44.3 Å². The van der Waals surface area contributed by atoms with E-state index in [1.54, 1.807) is 0 Å². The number of rotatable bonds is 4. The summed E-state index contributed by atoms with van der Waals surface area (Å²) in [5, 5.41) is 2.96. The summed E-state index contributed by atoms with van der Waals surface area (Å²) in [6, 6.07) is 6.84. The van der Waals surface area contributed by atoms with Gasteiger partial charge >= 0.3 is 6.18 Å². The van der Waals surface area contributed by atoms with Crippen molar-refractivity contribution in [1.29, 1.82) is 0 Å². The van der Waals surface area contributed by atoms with Crippen LogP contribution >= 0.6 is 15.9 Å². The molecule has 2 saturated heterocycles. The highest BCUT2D eigenvalue weighted by Gasteiger charge is 2.40. The van der Waals surface area contributed by atoms with Crippen LogP contribution in [0.4, 0.5) is 23.2 Å². The zero-order valence-electron chi connectivity index (χ0n) is 20.4. The molecule has 13 heteroatoms. The number of hydrogen-bond acceptors (Lipinski definition) is 5. The van der Waals surface area contributed by atoms with Gasteiger partial charge in [0.25, 0.3) is 11.8 Å². The molecule has 2 N–H and O–H groups in total. The van der Waals surface area contributed by atoms with Crippen molar-refractivity contribution in [3.8, 4) is 0 Å². The first-order chi connectivity index (χ1) is 18.5. The number of benzene rings is 2. The van der Waals surface area contributed by atoms with E-state index >= 15 is 0 Å². The number of carbonyl (C=O) groups excluding carboxylic acids is 2. The molecular weight excluding hydrogens is 588 g/mol. The summed E-state index contributed by atoms with van der Waals surface area (Å²) in [5.74, 6) is -1.89. The Morgan fingerprint density at radius 1 is 1.08 bits per heavy atom. The van der Waals surface area contributed by atoms with Crippen LogP contribution in [0.5, 0.6) is 0 Å². The fraction of sp³-hybridized carbons (Fsp3) is 0.346. The fourth-order valence-electron chi connectivity index (χ4n) is 5.03. The summed E-state index contributed by atoms with van der Waals surface area (Å²) >= 11 is 3.12. The van der Waals surface area contributed by atoms with Crippen molar-refractivity contribution >= 4 is 44.3 Å². The highest BCUT2D eigenvalue weighted by atomic mass is 79.9. The summed E-state index contributed by atoms with van der Waals surface area (Å²) < 4.78 is 62.2. The zero-order valence-corrected chi connectivity index (χ0v) is 22.0. The highest BCUT2D eigenvalue weighted by Crippen LogP contribution is 2.42. The predicted octanol–water partition coefficient (Wildman–Crippen LogP) is 3.93. The number of amides is 2. The molecule has 0 bridgehead atoms. The van der Waals surface area contributed by atoms with Crippen molar-refractivity contribution in [2.45, 2.75) is 18.6 Å². The normalized spacial score (nSPS) is 18.0. The Kier molecular flexibility index (Phi) is 7.38. The van der Waals surface area contributed by atoms with Crippen molar-refractivity contribution in [3.63, 3.8) is 0 Å². The maximum absolute atomic E-state index is 14.2. The molecule has 5 rings (SSSR count). The largest absolute Gasteiger partial charge is 0.418 e. The first-order valence-electron chi connectivity index (χ1n) is 12.2. The molecule has 0 unspecified atom stereocenters.